The van der Waals surface area contributed by atoms with Crippen LogP contribution in [0.5, 0.6) is 0 Å². The average molecular weight is 249 g/mol. The molecule has 1 atom stereocenters. The molecule has 1 aromatic rings. The summed E-state index contributed by atoms with van der Waals surface area (Å²) in [6, 6.07) is 6.57. The molecule has 1 saturated heterocycles. The number of nitrogens with zero attached hydrogens (tertiary/aromatic N) is 2. The Hall–Kier alpha value is -1.64. The topological polar surface area (TPSA) is 48.3 Å². The highest BCUT2D eigenvalue weighted by Crippen LogP contribution is 2.21. The number of anilines is 1. The number of hydrogen-bond donors (Lipinski definition) is 1. The van der Waals surface area contributed by atoms with Crippen molar-refractivity contribution in [3.63, 3.8) is 0 Å². The molecule has 0 bridgehead atoms. The molecule has 1 heterocycles. The van der Waals surface area contributed by atoms with Crippen LogP contribution in [0.1, 0.15) is 5.56 Å². The second-order valence-electron chi connectivity index (χ2n) is 4.32. The molecule has 1 fully saturated rings. The third-order valence-corrected chi connectivity index (χ3v) is 3.00. The lowest BCUT2D eigenvalue weighted by Gasteiger charge is -2.29. The molecule has 18 heavy (non-hydrogen) atoms. The van der Waals surface area contributed by atoms with Crippen LogP contribution in [0.4, 0.5) is 10.1 Å². The molecule has 4 nitrogen and oxygen atoms in total. The van der Waals surface area contributed by atoms with Crippen molar-refractivity contribution in [1.29, 1.82) is 5.26 Å². The highest BCUT2D eigenvalue weighted by molar-refractivity contribution is 5.59. The number of nitrogens with one attached hydrogen (secondary N) is 1. The Morgan fingerprint density at radius 1 is 1.61 bits per heavy atom. The minimum atomic E-state index is -0.482. The first kappa shape index (κ1) is 12.8. The molecule has 2 rings (SSSR count). The SMILES string of the molecule is CN(CC1CNCCO1)c1cccc(F)c1C#N. The summed E-state index contributed by atoms with van der Waals surface area (Å²) in [7, 11) is 1.84. The summed E-state index contributed by atoms with van der Waals surface area (Å²) in [6.07, 6.45) is 0.0681. The van der Waals surface area contributed by atoms with E-state index in [1.165, 1.54) is 6.07 Å². The van der Waals surface area contributed by atoms with Gasteiger partial charge in [0.25, 0.3) is 0 Å². The number of morpholine rings is 1. The molecule has 1 aliphatic heterocycles. The summed E-state index contributed by atoms with van der Waals surface area (Å²) in [5, 5.41) is 12.2. The molecular weight excluding hydrogens is 233 g/mol. The maximum absolute atomic E-state index is 13.5. The molecule has 0 amide bonds. The summed E-state index contributed by atoms with van der Waals surface area (Å²) in [5.74, 6) is -0.482. The highest BCUT2D eigenvalue weighted by atomic mass is 19.1. The van der Waals surface area contributed by atoms with Crippen molar-refractivity contribution in [2.75, 3.05) is 38.2 Å². The molecule has 1 aromatic carbocycles. The van der Waals surface area contributed by atoms with E-state index in [-0.39, 0.29) is 11.7 Å². The molecule has 96 valence electrons. The zero-order chi connectivity index (χ0) is 13.0. The molecule has 1 aliphatic rings. The minimum absolute atomic E-state index is 0.0681. The van der Waals surface area contributed by atoms with Gasteiger partial charge in [0.1, 0.15) is 17.4 Å². The van der Waals surface area contributed by atoms with Crippen molar-refractivity contribution in [2.24, 2.45) is 0 Å². The first-order valence-corrected chi connectivity index (χ1v) is 5.94. The lowest BCUT2D eigenvalue weighted by Crippen LogP contribution is -2.44. The molecule has 5 heteroatoms. The molecule has 0 aromatic heterocycles. The fourth-order valence-corrected chi connectivity index (χ4v) is 2.08. The van der Waals surface area contributed by atoms with Crippen molar-refractivity contribution in [3.8, 4) is 6.07 Å². The van der Waals surface area contributed by atoms with E-state index in [0.29, 0.717) is 18.8 Å². The maximum Gasteiger partial charge on any atom is 0.143 e. The van der Waals surface area contributed by atoms with E-state index in [9.17, 15) is 4.39 Å². The Morgan fingerprint density at radius 3 is 3.11 bits per heavy atom. The van der Waals surface area contributed by atoms with Crippen LogP contribution in [0, 0.1) is 17.1 Å². The third-order valence-electron chi connectivity index (χ3n) is 3.00. The second-order valence-corrected chi connectivity index (χ2v) is 4.32. The molecule has 1 unspecified atom stereocenters. The lowest BCUT2D eigenvalue weighted by molar-refractivity contribution is 0.0340. The molecular formula is C13H16FN3O. The van der Waals surface area contributed by atoms with Gasteiger partial charge in [0, 0.05) is 26.7 Å². The van der Waals surface area contributed by atoms with E-state index < -0.39 is 5.82 Å². The van der Waals surface area contributed by atoms with Crippen LogP contribution in [0.25, 0.3) is 0 Å². The Morgan fingerprint density at radius 2 is 2.44 bits per heavy atom. The summed E-state index contributed by atoms with van der Waals surface area (Å²) in [6.45, 7) is 2.96. The zero-order valence-corrected chi connectivity index (χ0v) is 10.3. The summed E-state index contributed by atoms with van der Waals surface area (Å²) in [5.41, 5.74) is 0.690. The van der Waals surface area contributed by atoms with E-state index in [1.54, 1.807) is 12.1 Å². The predicted molar refractivity (Wildman–Crippen MR) is 67.0 cm³/mol. The van der Waals surface area contributed by atoms with Crippen molar-refractivity contribution < 1.29 is 9.13 Å². The van der Waals surface area contributed by atoms with Crippen LogP contribution >= 0.6 is 0 Å². The van der Waals surface area contributed by atoms with Gasteiger partial charge in [-0.3, -0.25) is 0 Å². The van der Waals surface area contributed by atoms with E-state index >= 15 is 0 Å². The van der Waals surface area contributed by atoms with Crippen LogP contribution < -0.4 is 10.2 Å². The molecule has 0 aliphatic carbocycles. The van der Waals surface area contributed by atoms with E-state index in [0.717, 1.165) is 13.1 Å². The number of ether oxygens (including phenoxy) is 1. The van der Waals surface area contributed by atoms with Crippen LogP contribution in [-0.2, 0) is 4.74 Å². The van der Waals surface area contributed by atoms with Gasteiger partial charge in [0.05, 0.1) is 18.4 Å². The van der Waals surface area contributed by atoms with E-state index in [4.69, 9.17) is 10.00 Å². The number of nitriles is 1. The third kappa shape index (κ3) is 2.78. The fourth-order valence-electron chi connectivity index (χ4n) is 2.08. The number of likely N-dealkylation sites (N-methyl/N-ethyl adjacent to an activating group) is 1. The van der Waals surface area contributed by atoms with Crippen molar-refractivity contribution in [2.45, 2.75) is 6.10 Å². The Bertz CT molecular complexity index is 452. The number of halogens is 1. The van der Waals surface area contributed by atoms with Gasteiger partial charge in [-0.2, -0.15) is 5.26 Å². The van der Waals surface area contributed by atoms with Gasteiger partial charge < -0.3 is 15.0 Å². The van der Waals surface area contributed by atoms with Gasteiger partial charge in [-0.1, -0.05) is 6.07 Å². The van der Waals surface area contributed by atoms with E-state index in [1.807, 2.05) is 18.0 Å². The van der Waals surface area contributed by atoms with Gasteiger partial charge in [0.2, 0.25) is 0 Å². The monoisotopic (exact) mass is 249 g/mol. The van der Waals surface area contributed by atoms with Crippen molar-refractivity contribution >= 4 is 5.69 Å². The lowest BCUT2D eigenvalue weighted by atomic mass is 10.1. The first-order valence-electron chi connectivity index (χ1n) is 5.94. The summed E-state index contributed by atoms with van der Waals surface area (Å²) >= 11 is 0. The maximum atomic E-state index is 13.5. The van der Waals surface area contributed by atoms with Gasteiger partial charge >= 0.3 is 0 Å². The smallest absolute Gasteiger partial charge is 0.143 e. The molecule has 0 radical (unpaired) electrons. The van der Waals surface area contributed by atoms with Crippen LogP contribution in [0.2, 0.25) is 0 Å². The van der Waals surface area contributed by atoms with Gasteiger partial charge in [-0.05, 0) is 12.1 Å². The van der Waals surface area contributed by atoms with E-state index in [2.05, 4.69) is 5.32 Å². The fraction of sp³-hybridized carbons (Fsp3) is 0.462. The first-order chi connectivity index (χ1) is 8.72. The average Bonchev–Trinajstić information content (AvgIpc) is 2.39. The van der Waals surface area contributed by atoms with Crippen molar-refractivity contribution in [1.82, 2.24) is 5.32 Å². The Kier molecular flexibility index (Phi) is 4.13. The zero-order valence-electron chi connectivity index (χ0n) is 10.3. The Labute approximate surface area is 106 Å². The molecule has 1 N–H and O–H groups in total. The second kappa shape index (κ2) is 5.80. The standard InChI is InChI=1S/C13H16FN3O/c1-17(9-10-8-16-5-6-18-10)13-4-2-3-12(14)11(13)7-15/h2-4,10,16H,5-6,8-9H2,1H3. The predicted octanol–water partition coefficient (Wildman–Crippen LogP) is 1.12. The van der Waals surface area contributed by atoms with Crippen LogP contribution in [-0.4, -0.2) is 39.4 Å². The Balaban J connectivity index is 2.11. The van der Waals surface area contributed by atoms with Crippen LogP contribution in [0.15, 0.2) is 18.2 Å². The molecule has 0 spiro atoms. The van der Waals surface area contributed by atoms with Crippen LogP contribution in [0.3, 0.4) is 0 Å². The van der Waals surface area contributed by atoms with Gasteiger partial charge in [0.15, 0.2) is 0 Å². The number of rotatable bonds is 3. The summed E-state index contributed by atoms with van der Waals surface area (Å²) < 4.78 is 19.1. The van der Waals surface area contributed by atoms with Gasteiger partial charge in [-0.15, -0.1) is 0 Å². The minimum Gasteiger partial charge on any atom is -0.374 e. The van der Waals surface area contributed by atoms with Crippen molar-refractivity contribution in [3.05, 3.63) is 29.6 Å². The number of hydrogen-bond acceptors (Lipinski definition) is 4. The number of benzene rings is 1. The quantitative estimate of drug-likeness (QED) is 0.872. The molecule has 0 saturated carbocycles. The van der Waals surface area contributed by atoms with Gasteiger partial charge in [-0.25, -0.2) is 4.39 Å². The largest absolute Gasteiger partial charge is 0.374 e. The normalized spacial score (nSPS) is 19.3. The highest BCUT2D eigenvalue weighted by Gasteiger charge is 2.18. The summed E-state index contributed by atoms with van der Waals surface area (Å²) in [4.78, 5) is 1.86.